The van der Waals surface area contributed by atoms with Gasteiger partial charge in [0.05, 0.1) is 19.2 Å². The number of nitrogens with zero attached hydrogens (tertiary/aromatic N) is 2. The Morgan fingerprint density at radius 1 is 1.00 bits per heavy atom. The third-order valence-electron chi connectivity index (χ3n) is 6.42. The van der Waals surface area contributed by atoms with Gasteiger partial charge in [0.15, 0.2) is 0 Å². The largest absolute Gasteiger partial charge is 0.465 e. The van der Waals surface area contributed by atoms with Crippen LogP contribution in [0.5, 0.6) is 0 Å². The molecule has 0 atom stereocenters. The lowest BCUT2D eigenvalue weighted by Crippen LogP contribution is -2.48. The first-order valence-corrected chi connectivity index (χ1v) is 12.4. The summed E-state index contributed by atoms with van der Waals surface area (Å²) >= 11 is 1.55. The second-order valence-corrected chi connectivity index (χ2v) is 9.95. The number of piperazine rings is 1. The van der Waals surface area contributed by atoms with Gasteiger partial charge < -0.3 is 10.1 Å². The Labute approximate surface area is 194 Å². The van der Waals surface area contributed by atoms with Crippen LogP contribution in [0, 0.1) is 6.92 Å². The van der Waals surface area contributed by atoms with Crippen LogP contribution in [0.2, 0.25) is 0 Å². The van der Waals surface area contributed by atoms with Crippen LogP contribution in [0.3, 0.4) is 0 Å². The summed E-state index contributed by atoms with van der Waals surface area (Å²) in [4.78, 5) is 31.1. The Morgan fingerprint density at radius 3 is 2.41 bits per heavy atom. The van der Waals surface area contributed by atoms with Crippen molar-refractivity contribution in [2.75, 3.05) is 45.2 Å². The molecule has 6 nitrogen and oxygen atoms in total. The van der Waals surface area contributed by atoms with Crippen LogP contribution >= 0.6 is 11.3 Å². The normalized spacial score (nSPS) is 17.4. The van der Waals surface area contributed by atoms with Crippen LogP contribution in [0.25, 0.3) is 0 Å². The minimum atomic E-state index is -0.343. The molecule has 0 radical (unpaired) electrons. The van der Waals surface area contributed by atoms with Gasteiger partial charge in [-0.05, 0) is 43.7 Å². The molecule has 0 spiro atoms. The van der Waals surface area contributed by atoms with Crippen LogP contribution in [-0.2, 0) is 28.9 Å². The molecular weight excluding hydrogens is 422 g/mol. The minimum Gasteiger partial charge on any atom is -0.465 e. The number of fused-ring (bicyclic) bond motifs is 1. The van der Waals surface area contributed by atoms with Crippen molar-refractivity contribution >= 4 is 28.2 Å². The predicted molar refractivity (Wildman–Crippen MR) is 128 cm³/mol. The number of hydrogen-bond donors (Lipinski definition) is 1. The third-order valence-corrected chi connectivity index (χ3v) is 7.63. The maximum absolute atomic E-state index is 12.8. The first kappa shape index (κ1) is 23.0. The van der Waals surface area contributed by atoms with Gasteiger partial charge >= 0.3 is 5.97 Å². The number of nitrogens with one attached hydrogen (secondary N) is 1. The summed E-state index contributed by atoms with van der Waals surface area (Å²) in [5, 5.41) is 3.69. The van der Waals surface area contributed by atoms with Gasteiger partial charge in [-0.1, -0.05) is 36.2 Å². The average Bonchev–Trinajstić information content (AvgIpc) is 2.96. The summed E-state index contributed by atoms with van der Waals surface area (Å²) in [5.74, 6) is -0.400. The molecule has 4 rings (SSSR count). The lowest BCUT2D eigenvalue weighted by molar-refractivity contribution is -0.117. The Morgan fingerprint density at radius 2 is 1.69 bits per heavy atom. The first-order valence-electron chi connectivity index (χ1n) is 11.6. The maximum Gasteiger partial charge on any atom is 0.341 e. The molecule has 32 heavy (non-hydrogen) atoms. The Hall–Kier alpha value is -2.22. The summed E-state index contributed by atoms with van der Waals surface area (Å²) in [6, 6.07) is 8.69. The van der Waals surface area contributed by atoms with E-state index in [-0.39, 0.29) is 11.9 Å². The Kier molecular flexibility index (Phi) is 7.60. The number of carbonyl (C=O) groups is 2. The highest BCUT2D eigenvalue weighted by atomic mass is 32.1. The number of amides is 1. The highest BCUT2D eigenvalue weighted by molar-refractivity contribution is 7.17. The molecule has 0 bridgehead atoms. The van der Waals surface area contributed by atoms with Crippen LogP contribution in [-0.4, -0.2) is 61.5 Å². The SMILES string of the molecule is COC(=O)c1c(NC(=O)CN2CCN(Cc3ccc(C)cc3)CC2)sc2c1CCCCC2. The summed E-state index contributed by atoms with van der Waals surface area (Å²) in [5.41, 5.74) is 4.27. The quantitative estimate of drug-likeness (QED) is 0.529. The minimum absolute atomic E-state index is 0.0569. The lowest BCUT2D eigenvalue weighted by atomic mass is 10.1. The van der Waals surface area contributed by atoms with E-state index in [2.05, 4.69) is 46.3 Å². The van der Waals surface area contributed by atoms with E-state index >= 15 is 0 Å². The number of anilines is 1. The second kappa shape index (κ2) is 10.6. The van der Waals surface area contributed by atoms with Crippen molar-refractivity contribution in [3.05, 3.63) is 51.4 Å². The van der Waals surface area contributed by atoms with Crippen LogP contribution < -0.4 is 5.32 Å². The van der Waals surface area contributed by atoms with Crippen LogP contribution in [0.1, 0.15) is 51.2 Å². The Balaban J connectivity index is 1.32. The summed E-state index contributed by atoms with van der Waals surface area (Å²) in [7, 11) is 1.41. The van der Waals surface area contributed by atoms with Gasteiger partial charge in [0.1, 0.15) is 5.00 Å². The molecule has 172 valence electrons. The molecule has 1 aromatic carbocycles. The van der Waals surface area contributed by atoms with Gasteiger partial charge in [0.25, 0.3) is 0 Å². The van der Waals surface area contributed by atoms with E-state index in [1.807, 2.05) is 0 Å². The molecule has 1 aliphatic heterocycles. The highest BCUT2D eigenvalue weighted by Crippen LogP contribution is 2.37. The lowest BCUT2D eigenvalue weighted by Gasteiger charge is -2.34. The third kappa shape index (κ3) is 5.57. The van der Waals surface area contributed by atoms with Gasteiger partial charge in [0.2, 0.25) is 5.91 Å². The second-order valence-electron chi connectivity index (χ2n) is 8.85. The molecule has 2 aliphatic rings. The van der Waals surface area contributed by atoms with Crippen LogP contribution in [0.15, 0.2) is 24.3 Å². The Bertz CT molecular complexity index is 946. The molecule has 0 saturated carbocycles. The number of thiophene rings is 1. The van der Waals surface area contributed by atoms with Gasteiger partial charge in [-0.15, -0.1) is 11.3 Å². The zero-order chi connectivity index (χ0) is 22.5. The summed E-state index contributed by atoms with van der Waals surface area (Å²) < 4.78 is 5.04. The van der Waals surface area contributed by atoms with Gasteiger partial charge in [-0.2, -0.15) is 0 Å². The van der Waals surface area contributed by atoms with E-state index in [0.717, 1.165) is 64.0 Å². The molecule has 1 aliphatic carbocycles. The molecular formula is C25H33N3O3S. The molecule has 0 unspecified atom stereocenters. The molecule has 1 fully saturated rings. The van der Waals surface area contributed by atoms with Crippen molar-refractivity contribution in [3.63, 3.8) is 0 Å². The average molecular weight is 456 g/mol. The number of ether oxygens (including phenoxy) is 1. The van der Waals surface area contributed by atoms with E-state index in [0.29, 0.717) is 17.1 Å². The molecule has 2 heterocycles. The van der Waals surface area contributed by atoms with Crippen LogP contribution in [0.4, 0.5) is 5.00 Å². The first-order chi connectivity index (χ1) is 15.5. The van der Waals surface area contributed by atoms with Crippen molar-refractivity contribution in [2.45, 2.75) is 45.6 Å². The number of esters is 1. The highest BCUT2D eigenvalue weighted by Gasteiger charge is 2.27. The number of hydrogen-bond acceptors (Lipinski definition) is 6. The number of carbonyl (C=O) groups excluding carboxylic acids is 2. The topological polar surface area (TPSA) is 61.9 Å². The number of methoxy groups -OCH3 is 1. The number of aryl methyl sites for hydroxylation is 2. The molecule has 1 amide bonds. The monoisotopic (exact) mass is 455 g/mol. The van der Waals surface area contributed by atoms with Gasteiger partial charge in [-0.3, -0.25) is 14.6 Å². The molecule has 1 saturated heterocycles. The van der Waals surface area contributed by atoms with Gasteiger partial charge in [-0.25, -0.2) is 4.79 Å². The van der Waals surface area contributed by atoms with E-state index in [9.17, 15) is 9.59 Å². The van der Waals surface area contributed by atoms with Crippen molar-refractivity contribution in [3.8, 4) is 0 Å². The van der Waals surface area contributed by atoms with E-state index in [1.54, 1.807) is 11.3 Å². The smallest absolute Gasteiger partial charge is 0.341 e. The predicted octanol–water partition coefficient (Wildman–Crippen LogP) is 3.87. The van der Waals surface area contributed by atoms with Crippen molar-refractivity contribution in [2.24, 2.45) is 0 Å². The molecule has 1 aromatic heterocycles. The van der Waals surface area contributed by atoms with E-state index in [1.165, 1.54) is 29.5 Å². The fraction of sp³-hybridized carbons (Fsp3) is 0.520. The standard InChI is InChI=1S/C25H33N3O3S/c1-18-8-10-19(11-9-18)16-27-12-14-28(15-13-27)17-22(29)26-24-23(25(30)31-2)20-6-4-3-5-7-21(20)32-24/h8-11H,3-7,12-17H2,1-2H3,(H,26,29). The molecule has 1 N–H and O–H groups in total. The fourth-order valence-corrected chi connectivity index (χ4v) is 5.87. The van der Waals surface area contributed by atoms with E-state index in [4.69, 9.17) is 4.74 Å². The zero-order valence-corrected chi connectivity index (χ0v) is 19.9. The zero-order valence-electron chi connectivity index (χ0n) is 19.1. The number of rotatable bonds is 6. The summed E-state index contributed by atoms with van der Waals surface area (Å²) in [6.07, 6.45) is 5.25. The van der Waals surface area contributed by atoms with Crippen molar-refractivity contribution in [1.29, 1.82) is 0 Å². The molecule has 7 heteroatoms. The van der Waals surface area contributed by atoms with Gasteiger partial charge in [0, 0.05) is 37.6 Å². The number of benzene rings is 1. The maximum atomic E-state index is 12.8. The van der Waals surface area contributed by atoms with E-state index < -0.39 is 0 Å². The molecule has 2 aromatic rings. The van der Waals surface area contributed by atoms with Crippen molar-refractivity contribution in [1.82, 2.24) is 9.80 Å². The summed E-state index contributed by atoms with van der Waals surface area (Å²) in [6.45, 7) is 7.03. The van der Waals surface area contributed by atoms with Crippen molar-refractivity contribution < 1.29 is 14.3 Å². The fourth-order valence-electron chi connectivity index (χ4n) is 4.58.